The molecule has 86 valence electrons. The minimum atomic E-state index is -0.464. The predicted molar refractivity (Wildman–Crippen MR) is 60.7 cm³/mol. The lowest BCUT2D eigenvalue weighted by Gasteiger charge is -2.25. The molecule has 0 atom stereocenters. The van der Waals surface area contributed by atoms with Gasteiger partial charge in [-0.3, -0.25) is 9.59 Å². The van der Waals surface area contributed by atoms with Gasteiger partial charge in [0.05, 0.1) is 0 Å². The van der Waals surface area contributed by atoms with Crippen LogP contribution in [0.5, 0.6) is 0 Å². The maximum atomic E-state index is 12.0. The van der Waals surface area contributed by atoms with Gasteiger partial charge in [0, 0.05) is 11.3 Å². The van der Waals surface area contributed by atoms with E-state index in [-0.39, 0.29) is 17.5 Å². The lowest BCUT2D eigenvalue weighted by Crippen LogP contribution is -2.35. The van der Waals surface area contributed by atoms with Crippen molar-refractivity contribution >= 4 is 11.6 Å². The number of rotatable bonds is 4. The fraction of sp³-hybridized carbons (Fsp3) is 0.846. The van der Waals surface area contributed by atoms with E-state index in [0.717, 1.165) is 32.1 Å². The molecule has 0 unspecified atom stereocenters. The first kappa shape index (κ1) is 12.4. The summed E-state index contributed by atoms with van der Waals surface area (Å²) < 4.78 is 0. The van der Waals surface area contributed by atoms with Crippen molar-refractivity contribution < 1.29 is 9.59 Å². The fourth-order valence-electron chi connectivity index (χ4n) is 2.04. The zero-order valence-electron chi connectivity index (χ0n) is 10.1. The molecule has 2 heteroatoms. The van der Waals surface area contributed by atoms with Crippen LogP contribution >= 0.6 is 0 Å². The van der Waals surface area contributed by atoms with Gasteiger partial charge in [0.15, 0.2) is 0 Å². The molecule has 0 aromatic heterocycles. The van der Waals surface area contributed by atoms with Crippen LogP contribution in [0.15, 0.2) is 0 Å². The van der Waals surface area contributed by atoms with Crippen molar-refractivity contribution in [2.45, 2.75) is 59.3 Å². The maximum Gasteiger partial charge on any atom is 0.204 e. The van der Waals surface area contributed by atoms with Gasteiger partial charge in [-0.25, -0.2) is 0 Å². The van der Waals surface area contributed by atoms with E-state index in [1.54, 1.807) is 0 Å². The van der Waals surface area contributed by atoms with Gasteiger partial charge in [0.25, 0.3) is 0 Å². The normalized spacial score (nSPS) is 18.9. The Labute approximate surface area is 92.4 Å². The Morgan fingerprint density at radius 3 is 2.13 bits per heavy atom. The third kappa shape index (κ3) is 2.90. The summed E-state index contributed by atoms with van der Waals surface area (Å²) in [7, 11) is 0. The zero-order valence-corrected chi connectivity index (χ0v) is 10.1. The Kier molecular flexibility index (Phi) is 4.06. The molecule has 15 heavy (non-hydrogen) atoms. The highest BCUT2D eigenvalue weighted by Gasteiger charge is 2.35. The van der Waals surface area contributed by atoms with Crippen molar-refractivity contribution in [3.63, 3.8) is 0 Å². The molecule has 0 heterocycles. The molecule has 0 aromatic carbocycles. The molecule has 0 N–H and O–H groups in total. The Bertz CT molecular complexity index is 247. The molecular weight excluding hydrogens is 188 g/mol. The first-order chi connectivity index (χ1) is 6.99. The Hall–Kier alpha value is -0.660. The summed E-state index contributed by atoms with van der Waals surface area (Å²) in [6.07, 6.45) is 6.01. The second-order valence-corrected chi connectivity index (χ2v) is 5.27. The Morgan fingerprint density at radius 1 is 1.13 bits per heavy atom. The van der Waals surface area contributed by atoms with Crippen LogP contribution in [-0.4, -0.2) is 11.6 Å². The van der Waals surface area contributed by atoms with Gasteiger partial charge >= 0.3 is 0 Å². The SMILES string of the molecule is CCC(C)(C)C(=O)C(=O)C1CCCCC1. The van der Waals surface area contributed by atoms with Crippen LogP contribution < -0.4 is 0 Å². The lowest BCUT2D eigenvalue weighted by molar-refractivity contribution is -0.144. The van der Waals surface area contributed by atoms with E-state index in [2.05, 4.69) is 0 Å². The average Bonchev–Trinajstić information content (AvgIpc) is 2.28. The summed E-state index contributed by atoms with van der Waals surface area (Å²) in [5, 5.41) is 0. The van der Waals surface area contributed by atoms with Gasteiger partial charge in [0.2, 0.25) is 11.6 Å². The van der Waals surface area contributed by atoms with Crippen LogP contribution in [0, 0.1) is 11.3 Å². The molecule has 0 bridgehead atoms. The minimum absolute atomic E-state index is 0.0251. The molecule has 0 spiro atoms. The van der Waals surface area contributed by atoms with E-state index in [9.17, 15) is 9.59 Å². The van der Waals surface area contributed by atoms with Gasteiger partial charge in [-0.15, -0.1) is 0 Å². The molecule has 0 saturated heterocycles. The summed E-state index contributed by atoms with van der Waals surface area (Å²) in [6.45, 7) is 5.71. The summed E-state index contributed by atoms with van der Waals surface area (Å²) in [4.78, 5) is 23.9. The molecule has 1 aliphatic rings. The van der Waals surface area contributed by atoms with Gasteiger partial charge in [-0.05, 0) is 19.3 Å². The van der Waals surface area contributed by atoms with Crippen LogP contribution in [-0.2, 0) is 9.59 Å². The molecular formula is C13H22O2. The minimum Gasteiger partial charge on any atom is -0.291 e. The molecule has 0 aliphatic heterocycles. The van der Waals surface area contributed by atoms with Gasteiger partial charge in [-0.2, -0.15) is 0 Å². The number of Topliss-reactive ketones (excluding diaryl/α,β-unsaturated/α-hetero) is 2. The van der Waals surface area contributed by atoms with Crippen molar-refractivity contribution in [1.82, 2.24) is 0 Å². The van der Waals surface area contributed by atoms with E-state index >= 15 is 0 Å². The summed E-state index contributed by atoms with van der Waals surface area (Å²) in [6, 6.07) is 0. The van der Waals surface area contributed by atoms with Crippen LogP contribution in [0.4, 0.5) is 0 Å². The standard InChI is InChI=1S/C13H22O2/c1-4-13(2,3)12(15)11(14)10-8-6-5-7-9-10/h10H,4-9H2,1-3H3. The largest absolute Gasteiger partial charge is 0.291 e. The molecule has 0 radical (unpaired) electrons. The van der Waals surface area contributed by atoms with Crippen molar-refractivity contribution in [3.8, 4) is 0 Å². The van der Waals surface area contributed by atoms with Crippen molar-refractivity contribution in [1.29, 1.82) is 0 Å². The van der Waals surface area contributed by atoms with Crippen LogP contribution in [0.2, 0.25) is 0 Å². The van der Waals surface area contributed by atoms with Crippen molar-refractivity contribution in [2.24, 2.45) is 11.3 Å². The van der Waals surface area contributed by atoms with Gasteiger partial charge in [-0.1, -0.05) is 40.0 Å². The third-order valence-corrected chi connectivity index (χ3v) is 3.70. The zero-order chi connectivity index (χ0) is 11.5. The molecule has 1 fully saturated rings. The number of ketones is 2. The highest BCUT2D eigenvalue weighted by molar-refractivity contribution is 6.39. The molecule has 0 aromatic rings. The molecule has 1 rings (SSSR count). The van der Waals surface area contributed by atoms with E-state index in [4.69, 9.17) is 0 Å². The van der Waals surface area contributed by atoms with Crippen molar-refractivity contribution in [2.75, 3.05) is 0 Å². The number of carbonyl (C=O) groups excluding carboxylic acids is 2. The summed E-state index contributed by atoms with van der Waals surface area (Å²) >= 11 is 0. The van der Waals surface area contributed by atoms with Gasteiger partial charge in [0.1, 0.15) is 0 Å². The molecule has 2 nitrogen and oxygen atoms in total. The first-order valence-electron chi connectivity index (χ1n) is 6.07. The molecule has 0 amide bonds. The monoisotopic (exact) mass is 210 g/mol. The van der Waals surface area contributed by atoms with E-state index in [1.807, 2.05) is 20.8 Å². The quantitative estimate of drug-likeness (QED) is 0.668. The summed E-state index contributed by atoms with van der Waals surface area (Å²) in [5.41, 5.74) is -0.464. The highest BCUT2D eigenvalue weighted by atomic mass is 16.2. The lowest BCUT2D eigenvalue weighted by atomic mass is 9.76. The molecule has 1 aliphatic carbocycles. The fourth-order valence-corrected chi connectivity index (χ4v) is 2.04. The maximum absolute atomic E-state index is 12.0. The second kappa shape index (κ2) is 4.91. The van der Waals surface area contributed by atoms with Crippen LogP contribution in [0.3, 0.4) is 0 Å². The number of hydrogen-bond donors (Lipinski definition) is 0. The first-order valence-corrected chi connectivity index (χ1v) is 6.07. The van der Waals surface area contributed by atoms with Crippen LogP contribution in [0.1, 0.15) is 59.3 Å². The van der Waals surface area contributed by atoms with Crippen LogP contribution in [0.25, 0.3) is 0 Å². The van der Waals surface area contributed by atoms with E-state index < -0.39 is 5.41 Å². The highest BCUT2D eigenvalue weighted by Crippen LogP contribution is 2.29. The third-order valence-electron chi connectivity index (χ3n) is 3.70. The smallest absolute Gasteiger partial charge is 0.204 e. The average molecular weight is 210 g/mol. The Balaban J connectivity index is 2.63. The van der Waals surface area contributed by atoms with Gasteiger partial charge < -0.3 is 0 Å². The number of carbonyl (C=O) groups is 2. The Morgan fingerprint density at radius 2 is 1.67 bits per heavy atom. The van der Waals surface area contributed by atoms with E-state index in [1.165, 1.54) is 6.42 Å². The van der Waals surface area contributed by atoms with E-state index in [0.29, 0.717) is 0 Å². The summed E-state index contributed by atoms with van der Waals surface area (Å²) in [5.74, 6) is -0.240. The second-order valence-electron chi connectivity index (χ2n) is 5.27. The van der Waals surface area contributed by atoms with Crippen molar-refractivity contribution in [3.05, 3.63) is 0 Å². The predicted octanol–water partition coefficient (Wildman–Crippen LogP) is 3.14. The molecule has 1 saturated carbocycles. The topological polar surface area (TPSA) is 34.1 Å². The number of hydrogen-bond acceptors (Lipinski definition) is 2.